The lowest BCUT2D eigenvalue weighted by molar-refractivity contribution is 0.414. The normalized spacial score (nSPS) is 10.7. The van der Waals surface area contributed by atoms with Gasteiger partial charge < -0.3 is 13.6 Å². The van der Waals surface area contributed by atoms with Crippen LogP contribution in [0, 0.1) is 0 Å². The Morgan fingerprint density at radius 2 is 1.46 bits per heavy atom. The molecule has 35 heavy (non-hydrogen) atoms. The van der Waals surface area contributed by atoms with Gasteiger partial charge >= 0.3 is 22.8 Å². The highest BCUT2D eigenvalue weighted by molar-refractivity contribution is 6.31. The Bertz CT molecular complexity index is 1770. The highest BCUT2D eigenvalue weighted by Crippen LogP contribution is 2.17. The molecule has 0 amide bonds. The van der Waals surface area contributed by atoms with E-state index in [4.69, 9.17) is 32.4 Å². The zero-order valence-electron chi connectivity index (χ0n) is 18.0. The van der Waals surface area contributed by atoms with Crippen LogP contribution in [0.2, 0.25) is 10.0 Å². The first-order chi connectivity index (χ1) is 16.7. The highest BCUT2D eigenvalue weighted by atomic mass is 35.5. The highest BCUT2D eigenvalue weighted by Gasteiger charge is 2.10. The smallest absolute Gasteiger partial charge is 0.422 e. The van der Waals surface area contributed by atoms with Gasteiger partial charge in [-0.2, -0.15) is 0 Å². The average Bonchev–Trinajstić information content (AvgIpc) is 2.83. The van der Waals surface area contributed by atoms with Gasteiger partial charge in [0.05, 0.1) is 35.5 Å². The van der Waals surface area contributed by atoms with Crippen molar-refractivity contribution in [3.8, 4) is 5.75 Å². The van der Waals surface area contributed by atoms with Crippen molar-refractivity contribution < 1.29 is 13.6 Å². The van der Waals surface area contributed by atoms with Gasteiger partial charge in [0.2, 0.25) is 0 Å². The molecule has 2 heterocycles. The summed E-state index contributed by atoms with van der Waals surface area (Å²) in [6.07, 6.45) is 0. The molecule has 0 bridgehead atoms. The molecule has 178 valence electrons. The number of rotatable bonds is 3. The van der Waals surface area contributed by atoms with Crippen molar-refractivity contribution in [2.75, 3.05) is 7.11 Å². The molecule has 5 aromatic rings. The largest absolute Gasteiger partial charge is 0.497 e. The predicted molar refractivity (Wildman–Crippen MR) is 132 cm³/mol. The summed E-state index contributed by atoms with van der Waals surface area (Å²) < 4.78 is 15.6. The second-order valence-electron chi connectivity index (χ2n) is 7.24. The number of nitrogens with zero attached hydrogens (tertiary/aromatic N) is 1. The van der Waals surface area contributed by atoms with Crippen LogP contribution >= 0.6 is 23.2 Å². The molecule has 0 atom stereocenters. The molecule has 0 saturated carbocycles. The summed E-state index contributed by atoms with van der Waals surface area (Å²) in [6.45, 7) is 0.282. The Labute approximate surface area is 205 Å². The molecule has 3 aromatic carbocycles. The lowest BCUT2D eigenvalue weighted by atomic mass is 10.2. The summed E-state index contributed by atoms with van der Waals surface area (Å²) in [5, 5.41) is 1.38. The summed E-state index contributed by atoms with van der Waals surface area (Å²) in [6, 6.07) is 16.6. The number of benzene rings is 3. The molecule has 0 spiro atoms. The molecule has 0 aliphatic carbocycles. The number of H-pyrrole nitrogens is 1. The molecular formula is C24H16Cl2N2O7. The van der Waals surface area contributed by atoms with E-state index in [1.54, 1.807) is 43.5 Å². The number of hydrogen-bond acceptors (Lipinski definition) is 7. The van der Waals surface area contributed by atoms with Crippen LogP contribution in [0.3, 0.4) is 0 Å². The monoisotopic (exact) mass is 514 g/mol. The quantitative estimate of drug-likeness (QED) is 0.388. The Morgan fingerprint density at radius 3 is 2.14 bits per heavy atom. The molecule has 0 fully saturated rings. The number of methoxy groups -OCH3 is 1. The van der Waals surface area contributed by atoms with Crippen molar-refractivity contribution in [3.05, 3.63) is 118 Å². The third kappa shape index (κ3) is 5.37. The Morgan fingerprint density at radius 1 is 0.829 bits per heavy atom. The van der Waals surface area contributed by atoms with E-state index in [-0.39, 0.29) is 17.3 Å². The molecule has 1 N–H and O–H groups in total. The molecule has 0 radical (unpaired) electrons. The van der Waals surface area contributed by atoms with Crippen LogP contribution in [0.25, 0.3) is 21.8 Å². The van der Waals surface area contributed by atoms with Crippen molar-refractivity contribution in [3.63, 3.8) is 0 Å². The maximum Gasteiger partial charge on any atom is 0.422 e. The summed E-state index contributed by atoms with van der Waals surface area (Å²) >= 11 is 11.6. The van der Waals surface area contributed by atoms with Gasteiger partial charge in [-0.1, -0.05) is 35.3 Å². The van der Waals surface area contributed by atoms with Crippen LogP contribution in [-0.2, 0) is 6.54 Å². The van der Waals surface area contributed by atoms with Crippen LogP contribution in [-0.4, -0.2) is 16.7 Å². The summed E-state index contributed by atoms with van der Waals surface area (Å²) in [5.41, 5.74) is 0.426. The first-order valence-electron chi connectivity index (χ1n) is 10.0. The lowest BCUT2D eigenvalue weighted by Gasteiger charge is -2.09. The molecule has 2 aromatic heterocycles. The maximum absolute atomic E-state index is 12.0. The Kier molecular flexibility index (Phi) is 6.90. The molecule has 5 rings (SSSR count). The zero-order chi connectivity index (χ0) is 25.1. The van der Waals surface area contributed by atoms with E-state index in [0.717, 1.165) is 11.3 Å². The first-order valence-corrected chi connectivity index (χ1v) is 10.8. The van der Waals surface area contributed by atoms with Gasteiger partial charge in [-0.15, -0.1) is 0 Å². The Hall–Kier alpha value is -4.08. The van der Waals surface area contributed by atoms with Gasteiger partial charge in [0, 0.05) is 10.0 Å². The van der Waals surface area contributed by atoms with E-state index >= 15 is 0 Å². The molecule has 0 saturated heterocycles. The van der Waals surface area contributed by atoms with Crippen LogP contribution in [0.1, 0.15) is 5.56 Å². The molecule has 11 heteroatoms. The number of aromatic amines is 1. The van der Waals surface area contributed by atoms with E-state index < -0.39 is 22.8 Å². The SMILES string of the molecule is COc1ccc(Cn2c(=O)oc(=O)c3cc(Cl)ccc32)cc1.O=c1[nH]c2ccc(Cl)cc2c(=O)o1. The lowest BCUT2D eigenvalue weighted by Crippen LogP contribution is -2.25. The fourth-order valence-corrected chi connectivity index (χ4v) is 3.67. The number of halogens is 2. The number of nitrogens with one attached hydrogen (secondary N) is 1. The van der Waals surface area contributed by atoms with E-state index in [1.807, 2.05) is 12.1 Å². The summed E-state index contributed by atoms with van der Waals surface area (Å²) in [7, 11) is 1.59. The maximum atomic E-state index is 12.0. The number of ether oxygens (including phenoxy) is 1. The number of hydrogen-bond donors (Lipinski definition) is 1. The summed E-state index contributed by atoms with van der Waals surface area (Å²) in [5.74, 6) is -0.734. The van der Waals surface area contributed by atoms with Crippen molar-refractivity contribution >= 4 is 45.0 Å². The molecule has 9 nitrogen and oxygen atoms in total. The van der Waals surface area contributed by atoms with Gasteiger partial charge in [0.1, 0.15) is 5.75 Å². The minimum Gasteiger partial charge on any atom is -0.497 e. The summed E-state index contributed by atoms with van der Waals surface area (Å²) in [4.78, 5) is 48.0. The van der Waals surface area contributed by atoms with Crippen molar-refractivity contribution in [1.82, 2.24) is 9.55 Å². The van der Waals surface area contributed by atoms with E-state index in [0.29, 0.717) is 21.1 Å². The molecule has 0 unspecified atom stereocenters. The fraction of sp³-hybridized carbons (Fsp3) is 0.0833. The number of aromatic nitrogens is 2. The predicted octanol–water partition coefficient (Wildman–Crippen LogP) is 3.80. The van der Waals surface area contributed by atoms with Gasteiger partial charge in [-0.3, -0.25) is 9.55 Å². The zero-order valence-corrected chi connectivity index (χ0v) is 19.6. The molecule has 0 aliphatic heterocycles. The van der Waals surface area contributed by atoms with Gasteiger partial charge in [-0.05, 0) is 54.1 Å². The van der Waals surface area contributed by atoms with E-state index in [2.05, 4.69) is 9.40 Å². The van der Waals surface area contributed by atoms with Crippen LogP contribution in [0.15, 0.2) is 88.7 Å². The third-order valence-electron chi connectivity index (χ3n) is 4.99. The van der Waals surface area contributed by atoms with Crippen LogP contribution < -0.4 is 27.5 Å². The topological polar surface area (TPSA) is 125 Å². The standard InChI is InChI=1S/C16H12ClNO4.C8H4ClNO3/c1-21-12-5-2-10(3-6-12)9-18-14-7-4-11(17)8-13(14)15(19)22-16(18)20;9-4-1-2-6-5(3-4)7(11)13-8(12)10-6/h2-8H,9H2,1H3;1-3H,(H,10,12). The van der Waals surface area contributed by atoms with Crippen molar-refractivity contribution in [2.24, 2.45) is 0 Å². The van der Waals surface area contributed by atoms with Crippen LogP contribution in [0.4, 0.5) is 0 Å². The second kappa shape index (κ2) is 10.0. The Balaban J connectivity index is 0.000000189. The average molecular weight is 515 g/mol. The minimum atomic E-state index is -0.764. The molecular weight excluding hydrogens is 499 g/mol. The minimum absolute atomic E-state index is 0.270. The van der Waals surface area contributed by atoms with Gasteiger partial charge in [-0.25, -0.2) is 19.2 Å². The second-order valence-corrected chi connectivity index (χ2v) is 8.12. The fourth-order valence-electron chi connectivity index (χ4n) is 3.33. The van der Waals surface area contributed by atoms with E-state index in [1.165, 1.54) is 16.7 Å². The van der Waals surface area contributed by atoms with Crippen molar-refractivity contribution in [1.29, 1.82) is 0 Å². The van der Waals surface area contributed by atoms with Crippen molar-refractivity contribution in [2.45, 2.75) is 6.54 Å². The third-order valence-corrected chi connectivity index (χ3v) is 5.46. The van der Waals surface area contributed by atoms with E-state index in [9.17, 15) is 19.2 Å². The molecule has 0 aliphatic rings. The first kappa shape index (κ1) is 24.1. The van der Waals surface area contributed by atoms with Crippen LogP contribution in [0.5, 0.6) is 5.75 Å². The van der Waals surface area contributed by atoms with Gasteiger partial charge in [0.25, 0.3) is 0 Å². The number of fused-ring (bicyclic) bond motifs is 2. The van der Waals surface area contributed by atoms with Gasteiger partial charge in [0.15, 0.2) is 0 Å².